The van der Waals surface area contributed by atoms with Gasteiger partial charge in [0.25, 0.3) is 0 Å². The molecule has 0 aromatic heterocycles. The van der Waals surface area contributed by atoms with E-state index in [1.165, 1.54) is 0 Å². The number of carbonyl (C=O) groups excluding carboxylic acids is 2. The summed E-state index contributed by atoms with van der Waals surface area (Å²) < 4.78 is 0.0393. The molecule has 0 saturated carbocycles. The first kappa shape index (κ1) is 16.3. The average Bonchev–Trinajstić information content (AvgIpc) is 2.38. The highest BCUT2D eigenvalue weighted by atomic mass is 32.2. The van der Waals surface area contributed by atoms with Crippen molar-refractivity contribution in [1.82, 2.24) is 10.2 Å². The summed E-state index contributed by atoms with van der Waals surface area (Å²) in [4.78, 5) is 26.3. The predicted molar refractivity (Wildman–Crippen MR) is 80.2 cm³/mol. The van der Waals surface area contributed by atoms with E-state index in [9.17, 15) is 9.59 Å². The Labute approximate surface area is 120 Å². The first-order valence-electron chi connectivity index (χ1n) is 6.91. The van der Waals surface area contributed by atoms with Gasteiger partial charge >= 0.3 is 0 Å². The molecule has 1 saturated heterocycles. The largest absolute Gasteiger partial charge is 0.340 e. The van der Waals surface area contributed by atoms with Gasteiger partial charge in [-0.15, -0.1) is 0 Å². The maximum atomic E-state index is 12.5. The Morgan fingerprint density at radius 2 is 1.84 bits per heavy atom. The van der Waals surface area contributed by atoms with Crippen LogP contribution in [0.1, 0.15) is 47.5 Å². The van der Waals surface area contributed by atoms with E-state index in [1.54, 1.807) is 37.4 Å². The average molecular weight is 286 g/mol. The Bertz CT molecular complexity index is 356. The zero-order valence-corrected chi connectivity index (χ0v) is 13.7. The summed E-state index contributed by atoms with van der Waals surface area (Å²) in [6.45, 7) is 10.3. The van der Waals surface area contributed by atoms with Crippen molar-refractivity contribution in [2.24, 2.45) is 0 Å². The number of nitrogens with zero attached hydrogens (tertiary/aromatic N) is 1. The molecule has 0 aromatic carbocycles. The quantitative estimate of drug-likeness (QED) is 0.841. The van der Waals surface area contributed by atoms with Crippen LogP contribution < -0.4 is 5.32 Å². The van der Waals surface area contributed by atoms with Crippen LogP contribution in [0.25, 0.3) is 0 Å². The van der Waals surface area contributed by atoms with Gasteiger partial charge in [-0.25, -0.2) is 0 Å². The van der Waals surface area contributed by atoms with Crippen LogP contribution in [-0.4, -0.2) is 45.8 Å². The number of rotatable bonds is 5. The van der Waals surface area contributed by atoms with E-state index in [-0.39, 0.29) is 22.6 Å². The van der Waals surface area contributed by atoms with E-state index < -0.39 is 5.54 Å². The van der Waals surface area contributed by atoms with Gasteiger partial charge in [-0.2, -0.15) is 11.8 Å². The molecule has 2 amide bonds. The molecule has 1 fully saturated rings. The predicted octanol–water partition coefficient (Wildman–Crippen LogP) is 2.03. The molecular weight excluding hydrogens is 260 g/mol. The first-order valence-corrected chi connectivity index (χ1v) is 8.13. The maximum absolute atomic E-state index is 12.5. The molecule has 1 rings (SSSR count). The lowest BCUT2D eigenvalue weighted by molar-refractivity contribution is -0.153. The van der Waals surface area contributed by atoms with Gasteiger partial charge in [0.15, 0.2) is 0 Å². The molecule has 1 heterocycles. The Hall–Kier alpha value is -0.710. The maximum Gasteiger partial charge on any atom is 0.248 e. The summed E-state index contributed by atoms with van der Waals surface area (Å²) in [5.41, 5.74) is -0.796. The van der Waals surface area contributed by atoms with Gasteiger partial charge in [0, 0.05) is 11.3 Å². The molecule has 0 aromatic rings. The summed E-state index contributed by atoms with van der Waals surface area (Å²) in [5, 5.41) is 2.79. The summed E-state index contributed by atoms with van der Waals surface area (Å²) in [6.07, 6.45) is 4.06. The Morgan fingerprint density at radius 3 is 2.26 bits per heavy atom. The van der Waals surface area contributed by atoms with E-state index in [1.807, 2.05) is 0 Å². The molecule has 1 aliphatic rings. The van der Waals surface area contributed by atoms with Crippen molar-refractivity contribution in [3.8, 4) is 0 Å². The summed E-state index contributed by atoms with van der Waals surface area (Å²) in [7, 11) is 0. The van der Waals surface area contributed by atoms with Crippen molar-refractivity contribution >= 4 is 23.6 Å². The topological polar surface area (TPSA) is 49.4 Å². The van der Waals surface area contributed by atoms with Gasteiger partial charge in [0.05, 0.1) is 0 Å². The van der Waals surface area contributed by atoms with Gasteiger partial charge in [-0.3, -0.25) is 9.59 Å². The molecule has 1 atom stereocenters. The molecule has 1 unspecified atom stereocenters. The standard InChI is InChI=1S/C14H26N2O2S/c1-7-14(8-2,19-6)9-16-10(3)11(17)15-13(4,5)12(16)18/h10H,7-9H2,1-6H3,(H,15,17). The van der Waals surface area contributed by atoms with E-state index in [0.717, 1.165) is 12.8 Å². The third-order valence-corrected chi connectivity index (χ3v) is 5.83. The van der Waals surface area contributed by atoms with Crippen LogP contribution in [0.4, 0.5) is 0 Å². The lowest BCUT2D eigenvalue weighted by Gasteiger charge is -2.45. The molecule has 1 aliphatic heterocycles. The number of carbonyl (C=O) groups is 2. The van der Waals surface area contributed by atoms with Crippen molar-refractivity contribution < 1.29 is 9.59 Å². The van der Waals surface area contributed by atoms with Gasteiger partial charge in [0.2, 0.25) is 11.8 Å². The van der Waals surface area contributed by atoms with Gasteiger partial charge < -0.3 is 10.2 Å². The Kier molecular flexibility index (Phi) is 4.93. The first-order chi connectivity index (χ1) is 8.73. The van der Waals surface area contributed by atoms with Crippen LogP contribution in [0.2, 0.25) is 0 Å². The summed E-state index contributed by atoms with van der Waals surface area (Å²) >= 11 is 1.79. The second-order valence-corrected chi connectivity index (χ2v) is 7.09. The zero-order chi connectivity index (χ0) is 14.8. The van der Waals surface area contributed by atoms with Crippen molar-refractivity contribution in [1.29, 1.82) is 0 Å². The highest BCUT2D eigenvalue weighted by molar-refractivity contribution is 8.00. The highest BCUT2D eigenvalue weighted by Crippen LogP contribution is 2.33. The molecule has 0 bridgehead atoms. The van der Waals surface area contributed by atoms with Crippen LogP contribution in [0.15, 0.2) is 0 Å². The van der Waals surface area contributed by atoms with Crippen LogP contribution in [-0.2, 0) is 9.59 Å². The molecule has 0 radical (unpaired) electrons. The van der Waals surface area contributed by atoms with Crippen LogP contribution in [0.3, 0.4) is 0 Å². The third-order valence-electron chi connectivity index (χ3n) is 4.26. The molecule has 110 valence electrons. The van der Waals surface area contributed by atoms with Crippen molar-refractivity contribution in [3.63, 3.8) is 0 Å². The smallest absolute Gasteiger partial charge is 0.248 e. The van der Waals surface area contributed by atoms with E-state index in [0.29, 0.717) is 6.54 Å². The van der Waals surface area contributed by atoms with Crippen molar-refractivity contribution in [2.75, 3.05) is 12.8 Å². The second-order valence-electron chi connectivity index (χ2n) is 5.82. The van der Waals surface area contributed by atoms with Crippen LogP contribution in [0.5, 0.6) is 0 Å². The molecule has 4 nitrogen and oxygen atoms in total. The van der Waals surface area contributed by atoms with Crippen molar-refractivity contribution in [3.05, 3.63) is 0 Å². The Balaban J connectivity index is 3.02. The number of piperazine rings is 1. The minimum absolute atomic E-state index is 0.0138. The number of thioether (sulfide) groups is 1. The molecule has 0 spiro atoms. The summed E-state index contributed by atoms with van der Waals surface area (Å²) in [6, 6.07) is -0.384. The van der Waals surface area contributed by atoms with Gasteiger partial charge in [0.1, 0.15) is 11.6 Å². The fourth-order valence-electron chi connectivity index (χ4n) is 2.49. The highest BCUT2D eigenvalue weighted by Gasteiger charge is 2.45. The van der Waals surface area contributed by atoms with E-state index in [4.69, 9.17) is 0 Å². The molecule has 19 heavy (non-hydrogen) atoms. The summed E-state index contributed by atoms with van der Waals surface area (Å²) in [5.74, 6) is -0.0493. The van der Waals surface area contributed by atoms with E-state index in [2.05, 4.69) is 25.4 Å². The Morgan fingerprint density at radius 1 is 1.32 bits per heavy atom. The van der Waals surface area contributed by atoms with Crippen LogP contribution >= 0.6 is 11.8 Å². The minimum atomic E-state index is -0.796. The van der Waals surface area contributed by atoms with Crippen molar-refractivity contribution in [2.45, 2.75) is 63.8 Å². The SMILES string of the molecule is CCC(CC)(CN1C(=O)C(C)(C)NC(=O)C1C)SC. The number of nitrogens with one attached hydrogen (secondary N) is 1. The van der Waals surface area contributed by atoms with Gasteiger partial charge in [-0.1, -0.05) is 13.8 Å². The van der Waals surface area contributed by atoms with Gasteiger partial charge in [-0.05, 0) is 39.9 Å². The molecule has 5 heteroatoms. The third kappa shape index (κ3) is 3.07. The molecular formula is C14H26N2O2S. The monoisotopic (exact) mass is 286 g/mol. The number of amides is 2. The second kappa shape index (κ2) is 5.73. The number of hydrogen-bond donors (Lipinski definition) is 1. The zero-order valence-electron chi connectivity index (χ0n) is 12.9. The fraction of sp³-hybridized carbons (Fsp3) is 0.857. The fourth-order valence-corrected chi connectivity index (χ4v) is 3.33. The lowest BCUT2D eigenvalue weighted by Crippen LogP contribution is -2.68. The molecule has 1 N–H and O–H groups in total. The van der Waals surface area contributed by atoms with Crippen LogP contribution in [0, 0.1) is 0 Å². The molecule has 0 aliphatic carbocycles. The minimum Gasteiger partial charge on any atom is -0.340 e. The normalized spacial score (nSPS) is 23.5. The lowest BCUT2D eigenvalue weighted by atomic mass is 9.94. The number of hydrogen-bond acceptors (Lipinski definition) is 3. The van der Waals surface area contributed by atoms with E-state index >= 15 is 0 Å².